The summed E-state index contributed by atoms with van der Waals surface area (Å²) in [6, 6.07) is 0. The number of hydrogen-bond donors (Lipinski definition) is 2. The molecule has 0 bridgehead atoms. The van der Waals surface area contributed by atoms with Crippen molar-refractivity contribution >= 4 is 23.1 Å². The highest BCUT2D eigenvalue weighted by Crippen LogP contribution is 2.18. The van der Waals surface area contributed by atoms with Gasteiger partial charge < -0.3 is 10.4 Å². The standard InChI is InChI=1S/C11H12N4O2S/c1-7(10-13-2-3-18-10)4-14-9-8(11(16)17)5-12-6-15-9/h2-3,5-7H,4H2,1H3,(H,16,17)(H,12,14,15). The van der Waals surface area contributed by atoms with E-state index in [-0.39, 0.29) is 11.5 Å². The zero-order valence-corrected chi connectivity index (χ0v) is 10.5. The van der Waals surface area contributed by atoms with Crippen LogP contribution in [0.5, 0.6) is 0 Å². The number of thiazole rings is 1. The van der Waals surface area contributed by atoms with E-state index in [1.165, 1.54) is 12.5 Å². The molecule has 0 spiro atoms. The monoisotopic (exact) mass is 264 g/mol. The summed E-state index contributed by atoms with van der Waals surface area (Å²) in [4.78, 5) is 22.8. The van der Waals surface area contributed by atoms with Crippen molar-refractivity contribution in [3.05, 3.63) is 34.7 Å². The van der Waals surface area contributed by atoms with Gasteiger partial charge in [-0.2, -0.15) is 0 Å². The third-order valence-corrected chi connectivity index (χ3v) is 3.40. The van der Waals surface area contributed by atoms with Gasteiger partial charge in [0.05, 0.1) is 5.01 Å². The lowest BCUT2D eigenvalue weighted by atomic mass is 10.2. The summed E-state index contributed by atoms with van der Waals surface area (Å²) >= 11 is 1.58. The first-order valence-electron chi connectivity index (χ1n) is 5.35. The number of carbonyl (C=O) groups is 1. The summed E-state index contributed by atoms with van der Waals surface area (Å²) < 4.78 is 0. The van der Waals surface area contributed by atoms with E-state index in [2.05, 4.69) is 20.3 Å². The molecule has 2 rings (SSSR count). The minimum absolute atomic E-state index is 0.0730. The molecule has 0 saturated carbocycles. The van der Waals surface area contributed by atoms with Gasteiger partial charge in [-0.1, -0.05) is 6.92 Å². The number of rotatable bonds is 5. The second-order valence-corrected chi connectivity index (χ2v) is 4.67. The summed E-state index contributed by atoms with van der Waals surface area (Å²) in [5, 5.41) is 14.9. The third kappa shape index (κ3) is 2.80. The van der Waals surface area contributed by atoms with E-state index >= 15 is 0 Å². The molecule has 6 nitrogen and oxygen atoms in total. The lowest BCUT2D eigenvalue weighted by Gasteiger charge is -2.11. The molecule has 0 saturated heterocycles. The van der Waals surface area contributed by atoms with Crippen molar-refractivity contribution in [1.29, 1.82) is 0 Å². The molecule has 0 fully saturated rings. The maximum Gasteiger partial charge on any atom is 0.341 e. The van der Waals surface area contributed by atoms with Crippen molar-refractivity contribution in [2.75, 3.05) is 11.9 Å². The van der Waals surface area contributed by atoms with Gasteiger partial charge in [-0.15, -0.1) is 11.3 Å². The number of carboxylic acid groups (broad SMARTS) is 1. The molecule has 0 aromatic carbocycles. The molecule has 1 unspecified atom stereocenters. The maximum atomic E-state index is 11.0. The molecule has 0 amide bonds. The van der Waals surface area contributed by atoms with E-state index in [0.29, 0.717) is 12.4 Å². The molecule has 0 radical (unpaired) electrons. The average molecular weight is 264 g/mol. The number of nitrogens with one attached hydrogen (secondary N) is 1. The van der Waals surface area contributed by atoms with Crippen LogP contribution in [0.15, 0.2) is 24.1 Å². The molecule has 7 heteroatoms. The first kappa shape index (κ1) is 12.4. The Kier molecular flexibility index (Phi) is 3.83. The largest absolute Gasteiger partial charge is 0.477 e. The molecule has 0 aliphatic rings. The molecule has 2 aromatic rings. The van der Waals surface area contributed by atoms with Crippen molar-refractivity contribution in [2.24, 2.45) is 0 Å². The van der Waals surface area contributed by atoms with Crippen LogP contribution in [-0.2, 0) is 0 Å². The van der Waals surface area contributed by atoms with E-state index in [0.717, 1.165) is 5.01 Å². The fourth-order valence-electron chi connectivity index (χ4n) is 1.44. The number of hydrogen-bond acceptors (Lipinski definition) is 6. The summed E-state index contributed by atoms with van der Waals surface area (Å²) in [5.41, 5.74) is 0.0730. The third-order valence-electron chi connectivity index (χ3n) is 2.39. The topological polar surface area (TPSA) is 88.0 Å². The lowest BCUT2D eigenvalue weighted by Crippen LogP contribution is -2.14. The fourth-order valence-corrected chi connectivity index (χ4v) is 2.14. The van der Waals surface area contributed by atoms with Crippen LogP contribution in [-0.4, -0.2) is 32.6 Å². The van der Waals surface area contributed by atoms with Crippen LogP contribution in [0.1, 0.15) is 28.2 Å². The molecule has 18 heavy (non-hydrogen) atoms. The van der Waals surface area contributed by atoms with Gasteiger partial charge in [0.1, 0.15) is 17.7 Å². The van der Waals surface area contributed by atoms with Crippen LogP contribution in [0.25, 0.3) is 0 Å². The lowest BCUT2D eigenvalue weighted by molar-refractivity contribution is 0.0697. The van der Waals surface area contributed by atoms with Gasteiger partial charge >= 0.3 is 5.97 Å². The molecular weight excluding hydrogens is 252 g/mol. The number of aromatic nitrogens is 3. The van der Waals surface area contributed by atoms with Gasteiger partial charge in [0.2, 0.25) is 0 Å². The van der Waals surface area contributed by atoms with E-state index in [9.17, 15) is 4.79 Å². The highest BCUT2D eigenvalue weighted by molar-refractivity contribution is 7.09. The Morgan fingerprint density at radius 2 is 2.39 bits per heavy atom. The van der Waals surface area contributed by atoms with Crippen molar-refractivity contribution in [2.45, 2.75) is 12.8 Å². The van der Waals surface area contributed by atoms with Crippen LogP contribution in [0.3, 0.4) is 0 Å². The number of nitrogens with zero attached hydrogens (tertiary/aromatic N) is 3. The number of anilines is 1. The first-order chi connectivity index (χ1) is 8.68. The predicted molar refractivity (Wildman–Crippen MR) is 68.0 cm³/mol. The smallest absolute Gasteiger partial charge is 0.341 e. The van der Waals surface area contributed by atoms with E-state index < -0.39 is 5.97 Å². The summed E-state index contributed by atoms with van der Waals surface area (Å²) in [6.07, 6.45) is 4.36. The van der Waals surface area contributed by atoms with E-state index in [1.807, 2.05) is 12.3 Å². The van der Waals surface area contributed by atoms with Crippen LogP contribution >= 0.6 is 11.3 Å². The Morgan fingerprint density at radius 3 is 3.06 bits per heavy atom. The molecular formula is C11H12N4O2S. The van der Waals surface area contributed by atoms with Gasteiger partial charge in [0.25, 0.3) is 0 Å². The molecule has 2 aromatic heterocycles. The fraction of sp³-hybridized carbons (Fsp3) is 0.273. The zero-order valence-electron chi connectivity index (χ0n) is 9.70. The average Bonchev–Trinajstić information content (AvgIpc) is 2.90. The highest BCUT2D eigenvalue weighted by atomic mass is 32.1. The van der Waals surface area contributed by atoms with Crippen molar-refractivity contribution in [3.8, 4) is 0 Å². The van der Waals surface area contributed by atoms with Crippen molar-refractivity contribution in [3.63, 3.8) is 0 Å². The molecule has 94 valence electrons. The van der Waals surface area contributed by atoms with Crippen LogP contribution in [0.2, 0.25) is 0 Å². The Bertz CT molecular complexity index is 530. The Balaban J connectivity index is 2.04. The van der Waals surface area contributed by atoms with Gasteiger partial charge in [-0.3, -0.25) is 0 Å². The molecule has 2 heterocycles. The number of aromatic carboxylic acids is 1. The second-order valence-electron chi connectivity index (χ2n) is 3.74. The summed E-state index contributed by atoms with van der Waals surface area (Å²) in [7, 11) is 0. The predicted octanol–water partition coefficient (Wildman–Crippen LogP) is 1.85. The number of carboxylic acids is 1. The SMILES string of the molecule is CC(CNc1ncncc1C(=O)O)c1nccs1. The van der Waals surface area contributed by atoms with Gasteiger partial charge in [-0.05, 0) is 0 Å². The maximum absolute atomic E-state index is 11.0. The highest BCUT2D eigenvalue weighted by Gasteiger charge is 2.13. The van der Waals surface area contributed by atoms with Crippen molar-refractivity contribution in [1.82, 2.24) is 15.0 Å². The molecule has 2 N–H and O–H groups in total. The Labute approximate surface area is 108 Å². The first-order valence-corrected chi connectivity index (χ1v) is 6.23. The minimum atomic E-state index is -1.04. The normalized spacial score (nSPS) is 12.1. The van der Waals surface area contributed by atoms with Gasteiger partial charge in [0.15, 0.2) is 0 Å². The molecule has 0 aliphatic carbocycles. The minimum Gasteiger partial charge on any atom is -0.477 e. The zero-order chi connectivity index (χ0) is 13.0. The van der Waals surface area contributed by atoms with Crippen LogP contribution in [0.4, 0.5) is 5.82 Å². The van der Waals surface area contributed by atoms with E-state index in [1.54, 1.807) is 17.5 Å². The van der Waals surface area contributed by atoms with Gasteiger partial charge in [-0.25, -0.2) is 19.7 Å². The Morgan fingerprint density at radius 1 is 1.56 bits per heavy atom. The summed E-state index contributed by atoms with van der Waals surface area (Å²) in [6.45, 7) is 2.60. The molecule has 1 atom stereocenters. The van der Waals surface area contributed by atoms with Gasteiger partial charge in [0, 0.05) is 30.2 Å². The van der Waals surface area contributed by atoms with E-state index in [4.69, 9.17) is 5.11 Å². The second kappa shape index (κ2) is 5.54. The quantitative estimate of drug-likeness (QED) is 0.856. The molecule has 0 aliphatic heterocycles. The van der Waals surface area contributed by atoms with Crippen LogP contribution in [0, 0.1) is 0 Å². The Hall–Kier alpha value is -2.02. The van der Waals surface area contributed by atoms with Crippen LogP contribution < -0.4 is 5.32 Å². The van der Waals surface area contributed by atoms with Crippen molar-refractivity contribution < 1.29 is 9.90 Å². The summed E-state index contributed by atoms with van der Waals surface area (Å²) in [5.74, 6) is -0.512.